The second kappa shape index (κ2) is 7.49. The average Bonchev–Trinajstić information content (AvgIpc) is 2.33. The van der Waals surface area contributed by atoms with Crippen LogP contribution in [0.2, 0.25) is 0 Å². The summed E-state index contributed by atoms with van der Waals surface area (Å²) in [6.07, 6.45) is 8.98. The summed E-state index contributed by atoms with van der Waals surface area (Å²) in [5.74, 6) is 1.67. The lowest BCUT2D eigenvalue weighted by Gasteiger charge is -2.38. The third kappa shape index (κ3) is 5.27. The highest BCUT2D eigenvalue weighted by Gasteiger charge is 2.31. The van der Waals surface area contributed by atoms with E-state index in [1.54, 1.807) is 7.11 Å². The van der Waals surface area contributed by atoms with Crippen LogP contribution in [0.25, 0.3) is 0 Å². The fraction of sp³-hybridized carbons (Fsp3) is 1.00. The molecule has 2 heteroatoms. The van der Waals surface area contributed by atoms with E-state index in [0.29, 0.717) is 11.5 Å². The summed E-state index contributed by atoms with van der Waals surface area (Å²) in [4.78, 5) is 0. The maximum absolute atomic E-state index is 6.34. The first-order valence-electron chi connectivity index (χ1n) is 7.69. The Morgan fingerprint density at radius 1 is 1.11 bits per heavy atom. The highest BCUT2D eigenvalue weighted by molar-refractivity contribution is 4.84. The molecule has 1 aliphatic carbocycles. The van der Waals surface area contributed by atoms with E-state index in [2.05, 4.69) is 20.8 Å². The monoisotopic (exact) mass is 255 g/mol. The Labute approximate surface area is 114 Å². The van der Waals surface area contributed by atoms with Gasteiger partial charge in [0, 0.05) is 19.8 Å². The number of ether oxygens (including phenoxy) is 1. The van der Waals surface area contributed by atoms with E-state index < -0.39 is 0 Å². The van der Waals surface area contributed by atoms with Crippen LogP contribution in [-0.4, -0.2) is 19.8 Å². The first-order chi connectivity index (χ1) is 8.45. The Kier molecular flexibility index (Phi) is 6.65. The second-order valence-electron chi connectivity index (χ2n) is 7.13. The number of methoxy groups -OCH3 is 1. The van der Waals surface area contributed by atoms with Crippen LogP contribution in [0.1, 0.15) is 65.7 Å². The Hall–Kier alpha value is -0.0800. The molecule has 0 aromatic heterocycles. The molecule has 0 aromatic carbocycles. The molecule has 1 unspecified atom stereocenters. The fourth-order valence-corrected chi connectivity index (χ4v) is 3.28. The van der Waals surface area contributed by atoms with Gasteiger partial charge < -0.3 is 10.5 Å². The SMILES string of the molecule is COCCCCC(N)C1CCC(C(C)(C)C)CC1. The van der Waals surface area contributed by atoms with Crippen molar-refractivity contribution in [2.45, 2.75) is 71.8 Å². The summed E-state index contributed by atoms with van der Waals surface area (Å²) in [7, 11) is 1.77. The molecule has 2 nitrogen and oxygen atoms in total. The molecule has 0 aliphatic heterocycles. The maximum Gasteiger partial charge on any atom is 0.0462 e. The van der Waals surface area contributed by atoms with Crippen molar-refractivity contribution in [1.29, 1.82) is 0 Å². The summed E-state index contributed by atoms with van der Waals surface area (Å²) in [6.45, 7) is 8.01. The average molecular weight is 255 g/mol. The van der Waals surface area contributed by atoms with E-state index in [1.807, 2.05) is 0 Å². The van der Waals surface area contributed by atoms with E-state index in [0.717, 1.165) is 24.9 Å². The molecule has 0 saturated heterocycles. The van der Waals surface area contributed by atoms with Crippen molar-refractivity contribution < 1.29 is 4.74 Å². The first-order valence-corrected chi connectivity index (χ1v) is 7.69. The van der Waals surface area contributed by atoms with Crippen LogP contribution in [0.5, 0.6) is 0 Å². The molecule has 18 heavy (non-hydrogen) atoms. The summed E-state index contributed by atoms with van der Waals surface area (Å²) in [5.41, 5.74) is 6.82. The Bertz CT molecular complexity index is 214. The minimum Gasteiger partial charge on any atom is -0.385 e. The van der Waals surface area contributed by atoms with Crippen LogP contribution >= 0.6 is 0 Å². The molecule has 0 spiro atoms. The second-order valence-corrected chi connectivity index (χ2v) is 7.13. The highest BCUT2D eigenvalue weighted by atomic mass is 16.5. The summed E-state index contributed by atoms with van der Waals surface area (Å²) in [6, 6.07) is 0.419. The Morgan fingerprint density at radius 2 is 1.72 bits per heavy atom. The van der Waals surface area contributed by atoms with Gasteiger partial charge in [0.2, 0.25) is 0 Å². The maximum atomic E-state index is 6.34. The number of hydrogen-bond donors (Lipinski definition) is 1. The van der Waals surface area contributed by atoms with Gasteiger partial charge in [0.25, 0.3) is 0 Å². The molecule has 1 saturated carbocycles. The molecule has 1 rings (SSSR count). The zero-order chi connectivity index (χ0) is 13.6. The topological polar surface area (TPSA) is 35.2 Å². The molecule has 0 radical (unpaired) electrons. The molecule has 108 valence electrons. The fourth-order valence-electron chi connectivity index (χ4n) is 3.28. The lowest BCUT2D eigenvalue weighted by molar-refractivity contribution is 0.136. The first kappa shape index (κ1) is 16.0. The third-order valence-electron chi connectivity index (χ3n) is 4.74. The van der Waals surface area contributed by atoms with Crippen molar-refractivity contribution in [2.24, 2.45) is 23.0 Å². The largest absolute Gasteiger partial charge is 0.385 e. The molecule has 1 fully saturated rings. The zero-order valence-corrected chi connectivity index (χ0v) is 12.9. The van der Waals surface area contributed by atoms with Gasteiger partial charge in [0.15, 0.2) is 0 Å². The molecule has 1 aliphatic rings. The lowest BCUT2D eigenvalue weighted by Crippen LogP contribution is -2.35. The lowest BCUT2D eigenvalue weighted by atomic mass is 9.68. The van der Waals surface area contributed by atoms with Crippen molar-refractivity contribution in [1.82, 2.24) is 0 Å². The minimum absolute atomic E-state index is 0.419. The van der Waals surface area contributed by atoms with Gasteiger partial charge in [-0.05, 0) is 62.2 Å². The predicted molar refractivity (Wildman–Crippen MR) is 78.6 cm³/mol. The van der Waals surface area contributed by atoms with E-state index in [1.165, 1.54) is 38.5 Å². The number of nitrogens with two attached hydrogens (primary N) is 1. The van der Waals surface area contributed by atoms with Crippen LogP contribution in [0, 0.1) is 17.3 Å². The van der Waals surface area contributed by atoms with E-state index in [4.69, 9.17) is 10.5 Å². The van der Waals surface area contributed by atoms with Gasteiger partial charge in [0.05, 0.1) is 0 Å². The zero-order valence-electron chi connectivity index (χ0n) is 12.9. The number of hydrogen-bond acceptors (Lipinski definition) is 2. The van der Waals surface area contributed by atoms with E-state index in [9.17, 15) is 0 Å². The van der Waals surface area contributed by atoms with Crippen LogP contribution in [-0.2, 0) is 4.74 Å². The van der Waals surface area contributed by atoms with Crippen LogP contribution in [0.4, 0.5) is 0 Å². The molecular weight excluding hydrogens is 222 g/mol. The van der Waals surface area contributed by atoms with Gasteiger partial charge in [-0.1, -0.05) is 20.8 Å². The van der Waals surface area contributed by atoms with Crippen LogP contribution in [0.15, 0.2) is 0 Å². The van der Waals surface area contributed by atoms with Crippen molar-refractivity contribution in [3.05, 3.63) is 0 Å². The molecule has 0 amide bonds. The molecule has 2 N–H and O–H groups in total. The van der Waals surface area contributed by atoms with Gasteiger partial charge in [0.1, 0.15) is 0 Å². The van der Waals surface area contributed by atoms with Crippen molar-refractivity contribution in [3.63, 3.8) is 0 Å². The van der Waals surface area contributed by atoms with Crippen LogP contribution in [0.3, 0.4) is 0 Å². The van der Waals surface area contributed by atoms with Crippen molar-refractivity contribution in [2.75, 3.05) is 13.7 Å². The van der Waals surface area contributed by atoms with Gasteiger partial charge in [-0.15, -0.1) is 0 Å². The highest BCUT2D eigenvalue weighted by Crippen LogP contribution is 2.40. The standard InChI is InChI=1S/C16H33NO/c1-16(2,3)14-10-8-13(9-11-14)15(17)7-5-6-12-18-4/h13-15H,5-12,17H2,1-4H3. The Balaban J connectivity index is 2.21. The Morgan fingerprint density at radius 3 is 2.22 bits per heavy atom. The minimum atomic E-state index is 0.419. The molecule has 0 heterocycles. The number of unbranched alkanes of at least 4 members (excludes halogenated alkanes) is 1. The summed E-state index contributed by atoms with van der Waals surface area (Å²) in [5, 5.41) is 0. The quantitative estimate of drug-likeness (QED) is 0.729. The summed E-state index contributed by atoms with van der Waals surface area (Å²) >= 11 is 0. The number of rotatable bonds is 6. The van der Waals surface area contributed by atoms with Gasteiger partial charge in [-0.2, -0.15) is 0 Å². The molecule has 0 aromatic rings. The third-order valence-corrected chi connectivity index (χ3v) is 4.74. The summed E-state index contributed by atoms with van der Waals surface area (Å²) < 4.78 is 5.08. The van der Waals surface area contributed by atoms with Gasteiger partial charge >= 0.3 is 0 Å². The normalized spacial score (nSPS) is 27.2. The van der Waals surface area contributed by atoms with Crippen molar-refractivity contribution in [3.8, 4) is 0 Å². The van der Waals surface area contributed by atoms with E-state index in [-0.39, 0.29) is 0 Å². The molecular formula is C16H33NO. The molecule has 0 bridgehead atoms. The van der Waals surface area contributed by atoms with Gasteiger partial charge in [-0.3, -0.25) is 0 Å². The predicted octanol–water partition coefficient (Wildman–Crippen LogP) is 3.98. The van der Waals surface area contributed by atoms with E-state index >= 15 is 0 Å². The molecule has 1 atom stereocenters. The smallest absolute Gasteiger partial charge is 0.0462 e. The van der Waals surface area contributed by atoms with Gasteiger partial charge in [-0.25, -0.2) is 0 Å². The van der Waals surface area contributed by atoms with Crippen molar-refractivity contribution >= 4 is 0 Å². The van der Waals surface area contributed by atoms with Crippen LogP contribution < -0.4 is 5.73 Å².